The quantitative estimate of drug-likeness (QED) is 0.686. The molecule has 0 aliphatic rings. The van der Waals surface area contributed by atoms with E-state index in [1.807, 2.05) is 0 Å². The molecular formula is C8H8NO2. The SMILES string of the molecule is [CH2]C(C(=O)O)c1cccnc1. The van der Waals surface area contributed by atoms with Gasteiger partial charge in [0.05, 0.1) is 5.92 Å². The van der Waals surface area contributed by atoms with E-state index < -0.39 is 11.9 Å². The summed E-state index contributed by atoms with van der Waals surface area (Å²) in [5.41, 5.74) is 0.625. The van der Waals surface area contributed by atoms with E-state index in [2.05, 4.69) is 11.9 Å². The predicted octanol–water partition coefficient (Wildman–Crippen LogP) is 1.08. The normalized spacial score (nSPS) is 12.5. The number of aromatic nitrogens is 1. The van der Waals surface area contributed by atoms with Gasteiger partial charge in [0.1, 0.15) is 0 Å². The maximum absolute atomic E-state index is 10.4. The van der Waals surface area contributed by atoms with Crippen LogP contribution in [0.4, 0.5) is 0 Å². The highest BCUT2D eigenvalue weighted by Crippen LogP contribution is 2.11. The number of carboxylic acids is 1. The minimum Gasteiger partial charge on any atom is -0.481 e. The van der Waals surface area contributed by atoms with Crippen LogP contribution in [0.1, 0.15) is 11.5 Å². The number of hydrogen-bond donors (Lipinski definition) is 1. The Labute approximate surface area is 64.7 Å². The maximum Gasteiger partial charge on any atom is 0.311 e. The van der Waals surface area contributed by atoms with Gasteiger partial charge in [-0.3, -0.25) is 9.78 Å². The van der Waals surface area contributed by atoms with Crippen LogP contribution < -0.4 is 0 Å². The standard InChI is InChI=1S/C8H8NO2/c1-6(8(10)11)7-3-2-4-9-5-7/h2-6H,1H2,(H,10,11). The van der Waals surface area contributed by atoms with Gasteiger partial charge in [-0.2, -0.15) is 0 Å². The Morgan fingerprint density at radius 3 is 2.91 bits per heavy atom. The van der Waals surface area contributed by atoms with Crippen LogP contribution >= 0.6 is 0 Å². The van der Waals surface area contributed by atoms with E-state index in [1.54, 1.807) is 18.3 Å². The lowest BCUT2D eigenvalue weighted by atomic mass is 10.0. The van der Waals surface area contributed by atoms with Gasteiger partial charge in [0.15, 0.2) is 0 Å². The van der Waals surface area contributed by atoms with Gasteiger partial charge in [-0.1, -0.05) is 6.07 Å². The zero-order valence-electron chi connectivity index (χ0n) is 5.90. The van der Waals surface area contributed by atoms with Crippen molar-refractivity contribution in [1.29, 1.82) is 0 Å². The Morgan fingerprint density at radius 1 is 1.73 bits per heavy atom. The molecule has 11 heavy (non-hydrogen) atoms. The van der Waals surface area contributed by atoms with Crippen LogP contribution in [0.15, 0.2) is 24.5 Å². The van der Waals surface area contributed by atoms with Crippen molar-refractivity contribution in [3.63, 3.8) is 0 Å². The van der Waals surface area contributed by atoms with Gasteiger partial charge in [-0.05, 0) is 18.6 Å². The molecule has 1 radical (unpaired) electrons. The average molecular weight is 150 g/mol. The highest BCUT2D eigenvalue weighted by Gasteiger charge is 2.12. The molecule has 1 unspecified atom stereocenters. The molecule has 0 fully saturated rings. The Hall–Kier alpha value is -1.38. The molecule has 1 N–H and O–H groups in total. The summed E-state index contributed by atoms with van der Waals surface area (Å²) in [5.74, 6) is -1.65. The fraction of sp³-hybridized carbons (Fsp3) is 0.125. The van der Waals surface area contributed by atoms with Gasteiger partial charge >= 0.3 is 5.97 Å². The summed E-state index contributed by atoms with van der Waals surface area (Å²) in [6, 6.07) is 3.38. The van der Waals surface area contributed by atoms with E-state index in [0.29, 0.717) is 5.56 Å². The van der Waals surface area contributed by atoms with Gasteiger partial charge in [-0.25, -0.2) is 0 Å². The molecule has 57 valence electrons. The topological polar surface area (TPSA) is 50.2 Å². The Morgan fingerprint density at radius 2 is 2.45 bits per heavy atom. The lowest BCUT2D eigenvalue weighted by molar-refractivity contribution is -0.137. The van der Waals surface area contributed by atoms with Crippen molar-refractivity contribution in [3.8, 4) is 0 Å². The van der Waals surface area contributed by atoms with Crippen molar-refractivity contribution in [2.75, 3.05) is 0 Å². The first kappa shape index (κ1) is 7.72. The largest absolute Gasteiger partial charge is 0.481 e. The first-order chi connectivity index (χ1) is 5.22. The Bertz CT molecular complexity index is 246. The van der Waals surface area contributed by atoms with Crippen LogP contribution in [0.5, 0.6) is 0 Å². The van der Waals surface area contributed by atoms with Crippen LogP contribution in [0.25, 0.3) is 0 Å². The number of carbonyl (C=O) groups is 1. The van der Waals surface area contributed by atoms with Gasteiger partial charge in [-0.15, -0.1) is 0 Å². The molecule has 0 aromatic carbocycles. The number of hydrogen-bond acceptors (Lipinski definition) is 2. The summed E-state index contributed by atoms with van der Waals surface area (Å²) in [5, 5.41) is 8.55. The molecule has 3 heteroatoms. The number of nitrogens with zero attached hydrogens (tertiary/aromatic N) is 1. The third-order valence-corrected chi connectivity index (χ3v) is 1.38. The van der Waals surface area contributed by atoms with Crippen molar-refractivity contribution < 1.29 is 9.90 Å². The summed E-state index contributed by atoms with van der Waals surface area (Å²) in [7, 11) is 0. The molecule has 1 rings (SSSR count). The van der Waals surface area contributed by atoms with Crippen molar-refractivity contribution in [2.24, 2.45) is 0 Å². The monoisotopic (exact) mass is 150 g/mol. The van der Waals surface area contributed by atoms with Crippen LogP contribution in [0, 0.1) is 6.92 Å². The highest BCUT2D eigenvalue weighted by molar-refractivity contribution is 5.76. The third kappa shape index (κ3) is 1.77. The number of aliphatic carboxylic acids is 1. The lowest BCUT2D eigenvalue weighted by Gasteiger charge is -2.03. The minimum absolute atomic E-state index is 0.625. The molecule has 0 aliphatic heterocycles. The van der Waals surface area contributed by atoms with Crippen LogP contribution in [-0.2, 0) is 4.79 Å². The van der Waals surface area contributed by atoms with Crippen molar-refractivity contribution >= 4 is 5.97 Å². The molecule has 0 spiro atoms. The minimum atomic E-state index is -0.932. The van der Waals surface area contributed by atoms with E-state index in [4.69, 9.17) is 5.11 Å². The fourth-order valence-electron chi connectivity index (χ4n) is 0.725. The van der Waals surface area contributed by atoms with Gasteiger partial charge in [0, 0.05) is 12.4 Å². The smallest absolute Gasteiger partial charge is 0.311 e. The second kappa shape index (κ2) is 3.14. The van der Waals surface area contributed by atoms with E-state index >= 15 is 0 Å². The van der Waals surface area contributed by atoms with E-state index in [-0.39, 0.29) is 0 Å². The zero-order valence-corrected chi connectivity index (χ0v) is 5.90. The molecule has 1 aromatic rings. The lowest BCUT2D eigenvalue weighted by Crippen LogP contribution is -2.07. The molecule has 3 nitrogen and oxygen atoms in total. The summed E-state index contributed by atoms with van der Waals surface area (Å²) < 4.78 is 0. The van der Waals surface area contributed by atoms with Crippen LogP contribution in [0.3, 0.4) is 0 Å². The van der Waals surface area contributed by atoms with Crippen molar-refractivity contribution in [1.82, 2.24) is 4.98 Å². The molecule has 1 heterocycles. The van der Waals surface area contributed by atoms with Crippen molar-refractivity contribution in [3.05, 3.63) is 37.0 Å². The fourth-order valence-corrected chi connectivity index (χ4v) is 0.725. The van der Waals surface area contributed by atoms with Gasteiger partial charge in [0.2, 0.25) is 0 Å². The van der Waals surface area contributed by atoms with E-state index in [9.17, 15) is 4.79 Å². The van der Waals surface area contributed by atoms with Crippen LogP contribution in [0.2, 0.25) is 0 Å². The van der Waals surface area contributed by atoms with E-state index in [0.717, 1.165) is 0 Å². The molecular weight excluding hydrogens is 142 g/mol. The van der Waals surface area contributed by atoms with Crippen molar-refractivity contribution in [2.45, 2.75) is 5.92 Å². The van der Waals surface area contributed by atoms with Gasteiger partial charge < -0.3 is 5.11 Å². The second-order valence-corrected chi connectivity index (χ2v) is 2.18. The second-order valence-electron chi connectivity index (χ2n) is 2.18. The molecule has 1 atom stereocenters. The number of pyridine rings is 1. The number of carboxylic acid groups (broad SMARTS) is 1. The summed E-state index contributed by atoms with van der Waals surface area (Å²) in [6.07, 6.45) is 3.10. The molecule has 0 aliphatic carbocycles. The molecule has 0 saturated carbocycles. The summed E-state index contributed by atoms with van der Waals surface area (Å²) in [6.45, 7) is 3.47. The zero-order chi connectivity index (χ0) is 8.27. The first-order valence-corrected chi connectivity index (χ1v) is 3.17. The predicted molar refractivity (Wildman–Crippen MR) is 40.0 cm³/mol. The van der Waals surface area contributed by atoms with Crippen LogP contribution in [-0.4, -0.2) is 16.1 Å². The third-order valence-electron chi connectivity index (χ3n) is 1.38. The maximum atomic E-state index is 10.4. The Kier molecular flexibility index (Phi) is 2.21. The molecule has 0 saturated heterocycles. The molecule has 0 bridgehead atoms. The molecule has 0 amide bonds. The highest BCUT2D eigenvalue weighted by atomic mass is 16.4. The van der Waals surface area contributed by atoms with E-state index in [1.165, 1.54) is 6.20 Å². The first-order valence-electron chi connectivity index (χ1n) is 3.17. The summed E-state index contributed by atoms with van der Waals surface area (Å²) in [4.78, 5) is 14.2. The average Bonchev–Trinajstić information content (AvgIpc) is 2.05. The van der Waals surface area contributed by atoms with Gasteiger partial charge in [0.25, 0.3) is 0 Å². The molecule has 1 aromatic heterocycles. The summed E-state index contributed by atoms with van der Waals surface area (Å²) >= 11 is 0. The number of rotatable bonds is 2. The Balaban J connectivity index is 2.85.